The Hall–Kier alpha value is -2.21. The molecule has 4 N–H and O–H groups in total. The van der Waals surface area contributed by atoms with E-state index < -0.39 is 5.91 Å². The van der Waals surface area contributed by atoms with Crippen molar-refractivity contribution in [2.75, 3.05) is 7.11 Å². The quantitative estimate of drug-likeness (QED) is 0.502. The highest BCUT2D eigenvalue weighted by molar-refractivity contribution is 6.07. The lowest BCUT2D eigenvalue weighted by molar-refractivity contribution is 0.0532. The summed E-state index contributed by atoms with van der Waals surface area (Å²) in [6.07, 6.45) is 2.33. The zero-order chi connectivity index (χ0) is 12.0. The number of hydroxylamine groups is 1. The van der Waals surface area contributed by atoms with Crippen LogP contribution in [0, 0.1) is 5.41 Å². The summed E-state index contributed by atoms with van der Waals surface area (Å²) in [5.74, 6) is -0.453. The van der Waals surface area contributed by atoms with Gasteiger partial charge in [0.25, 0.3) is 5.91 Å². The summed E-state index contributed by atoms with van der Waals surface area (Å²) in [6, 6.07) is 4.85. The standard InChI is InChI=1S/C10H12N4O2/c1-16-14-10(15)9-4-2-3-8(13-9)7(5-11)6-12/h2-6,11H,12H2,1H3,(H,14,15)/b7-6+,11-5?. The lowest BCUT2D eigenvalue weighted by Crippen LogP contribution is -2.23. The minimum atomic E-state index is -0.453. The first kappa shape index (κ1) is 11.9. The highest BCUT2D eigenvalue weighted by Gasteiger charge is 2.08. The highest BCUT2D eigenvalue weighted by Crippen LogP contribution is 2.08. The van der Waals surface area contributed by atoms with Crippen LogP contribution in [-0.2, 0) is 4.84 Å². The summed E-state index contributed by atoms with van der Waals surface area (Å²) in [5, 5.41) is 7.12. The van der Waals surface area contributed by atoms with Gasteiger partial charge in [0, 0.05) is 18.0 Å². The molecule has 0 aliphatic heterocycles. The Morgan fingerprint density at radius 1 is 1.56 bits per heavy atom. The Kier molecular flexibility index (Phi) is 4.16. The summed E-state index contributed by atoms with van der Waals surface area (Å²) in [6.45, 7) is 0. The van der Waals surface area contributed by atoms with Crippen molar-refractivity contribution < 1.29 is 9.63 Å². The number of nitrogens with one attached hydrogen (secondary N) is 2. The van der Waals surface area contributed by atoms with E-state index in [1.165, 1.54) is 19.4 Å². The third-order valence-electron chi connectivity index (χ3n) is 1.81. The van der Waals surface area contributed by atoms with Gasteiger partial charge in [0.15, 0.2) is 0 Å². The van der Waals surface area contributed by atoms with Gasteiger partial charge in [0.05, 0.1) is 12.8 Å². The van der Waals surface area contributed by atoms with E-state index in [-0.39, 0.29) is 5.69 Å². The van der Waals surface area contributed by atoms with E-state index in [2.05, 4.69) is 15.3 Å². The molecule has 1 aromatic rings. The van der Waals surface area contributed by atoms with Gasteiger partial charge in [-0.15, -0.1) is 0 Å². The van der Waals surface area contributed by atoms with Crippen LogP contribution < -0.4 is 11.2 Å². The zero-order valence-electron chi connectivity index (χ0n) is 8.73. The van der Waals surface area contributed by atoms with Gasteiger partial charge in [0.2, 0.25) is 0 Å². The molecule has 0 atom stereocenters. The average molecular weight is 220 g/mol. The number of hydrogen-bond donors (Lipinski definition) is 3. The Balaban J connectivity index is 3.04. The second-order valence-electron chi connectivity index (χ2n) is 2.81. The molecule has 1 aromatic heterocycles. The molecule has 0 saturated carbocycles. The molecule has 0 saturated heterocycles. The highest BCUT2D eigenvalue weighted by atomic mass is 16.6. The maximum atomic E-state index is 11.4. The minimum absolute atomic E-state index is 0.195. The Bertz CT molecular complexity index is 429. The Labute approximate surface area is 92.6 Å². The van der Waals surface area contributed by atoms with Gasteiger partial charge in [-0.1, -0.05) is 6.07 Å². The SMILES string of the molecule is CONC(=O)c1cccc(/C(C=N)=C/N)n1. The van der Waals surface area contributed by atoms with Crippen molar-refractivity contribution in [3.63, 3.8) is 0 Å². The topological polar surface area (TPSA) is 101 Å². The molecule has 1 rings (SSSR count). The van der Waals surface area contributed by atoms with E-state index >= 15 is 0 Å². The molecule has 1 amide bonds. The molecule has 0 aliphatic rings. The average Bonchev–Trinajstić information content (AvgIpc) is 2.31. The zero-order valence-corrected chi connectivity index (χ0v) is 8.73. The molecule has 0 aromatic carbocycles. The summed E-state index contributed by atoms with van der Waals surface area (Å²) in [7, 11) is 1.34. The predicted molar refractivity (Wildman–Crippen MR) is 59.7 cm³/mol. The lowest BCUT2D eigenvalue weighted by atomic mass is 10.2. The van der Waals surface area contributed by atoms with Crippen LogP contribution in [0.3, 0.4) is 0 Å². The number of aromatic nitrogens is 1. The fourth-order valence-corrected chi connectivity index (χ4v) is 1.07. The van der Waals surface area contributed by atoms with E-state index in [1.807, 2.05) is 0 Å². The summed E-state index contributed by atoms with van der Waals surface area (Å²) in [5.41, 5.74) is 8.57. The van der Waals surface area contributed by atoms with Gasteiger partial charge in [-0.05, 0) is 12.1 Å². The first-order valence-corrected chi connectivity index (χ1v) is 4.46. The minimum Gasteiger partial charge on any atom is -0.404 e. The maximum absolute atomic E-state index is 11.4. The van der Waals surface area contributed by atoms with Gasteiger partial charge in [-0.2, -0.15) is 0 Å². The van der Waals surface area contributed by atoms with Crippen molar-refractivity contribution in [1.29, 1.82) is 5.41 Å². The first-order chi connectivity index (χ1) is 7.72. The molecular weight excluding hydrogens is 208 g/mol. The molecule has 6 heteroatoms. The first-order valence-electron chi connectivity index (χ1n) is 4.46. The van der Waals surface area contributed by atoms with E-state index in [4.69, 9.17) is 11.1 Å². The van der Waals surface area contributed by atoms with Crippen LogP contribution in [0.5, 0.6) is 0 Å². The molecule has 0 aliphatic carbocycles. The number of hydrogen-bond acceptors (Lipinski definition) is 5. The molecule has 0 spiro atoms. The van der Waals surface area contributed by atoms with Crippen molar-refractivity contribution >= 4 is 17.7 Å². The van der Waals surface area contributed by atoms with Crippen LogP contribution in [0.2, 0.25) is 0 Å². The molecule has 6 nitrogen and oxygen atoms in total. The third-order valence-corrected chi connectivity index (χ3v) is 1.81. The van der Waals surface area contributed by atoms with Crippen molar-refractivity contribution in [2.45, 2.75) is 0 Å². The fraction of sp³-hybridized carbons (Fsp3) is 0.100. The molecule has 16 heavy (non-hydrogen) atoms. The van der Waals surface area contributed by atoms with E-state index in [0.29, 0.717) is 11.3 Å². The Morgan fingerprint density at radius 3 is 2.81 bits per heavy atom. The second-order valence-corrected chi connectivity index (χ2v) is 2.81. The van der Waals surface area contributed by atoms with E-state index in [0.717, 1.165) is 6.21 Å². The van der Waals surface area contributed by atoms with E-state index in [1.54, 1.807) is 12.1 Å². The van der Waals surface area contributed by atoms with E-state index in [9.17, 15) is 4.79 Å². The third kappa shape index (κ3) is 2.64. The maximum Gasteiger partial charge on any atom is 0.293 e. The molecular formula is C10H12N4O2. The van der Waals surface area contributed by atoms with Crippen LogP contribution in [0.4, 0.5) is 0 Å². The van der Waals surface area contributed by atoms with Crippen molar-refractivity contribution in [3.8, 4) is 0 Å². The van der Waals surface area contributed by atoms with Gasteiger partial charge in [0.1, 0.15) is 5.69 Å². The lowest BCUT2D eigenvalue weighted by Gasteiger charge is -2.04. The van der Waals surface area contributed by atoms with Gasteiger partial charge < -0.3 is 11.1 Å². The normalized spacial score (nSPS) is 10.9. The smallest absolute Gasteiger partial charge is 0.293 e. The largest absolute Gasteiger partial charge is 0.404 e. The van der Waals surface area contributed by atoms with Crippen LogP contribution in [0.1, 0.15) is 16.2 Å². The summed E-state index contributed by atoms with van der Waals surface area (Å²) >= 11 is 0. The van der Waals surface area contributed by atoms with Crippen LogP contribution in [-0.4, -0.2) is 24.2 Å². The fourth-order valence-electron chi connectivity index (χ4n) is 1.07. The van der Waals surface area contributed by atoms with Gasteiger partial charge in [-0.3, -0.25) is 9.63 Å². The number of pyridine rings is 1. The molecule has 0 radical (unpaired) electrons. The molecule has 1 heterocycles. The van der Waals surface area contributed by atoms with Crippen molar-refractivity contribution in [2.24, 2.45) is 5.73 Å². The number of allylic oxidation sites excluding steroid dienone is 1. The number of carbonyl (C=O) groups is 1. The summed E-state index contributed by atoms with van der Waals surface area (Å²) < 4.78 is 0. The number of carbonyl (C=O) groups excluding carboxylic acids is 1. The van der Waals surface area contributed by atoms with Crippen molar-refractivity contribution in [1.82, 2.24) is 10.5 Å². The van der Waals surface area contributed by atoms with Gasteiger partial charge in [-0.25, -0.2) is 10.5 Å². The van der Waals surface area contributed by atoms with Crippen LogP contribution in [0.25, 0.3) is 5.57 Å². The monoisotopic (exact) mass is 220 g/mol. The number of nitrogens with two attached hydrogens (primary N) is 1. The molecule has 0 fully saturated rings. The predicted octanol–water partition coefficient (Wildman–Crippen LogP) is 0.322. The molecule has 84 valence electrons. The molecule has 0 bridgehead atoms. The number of nitrogens with zero attached hydrogens (tertiary/aromatic N) is 1. The number of rotatable bonds is 4. The second kappa shape index (κ2) is 5.62. The van der Waals surface area contributed by atoms with Crippen LogP contribution in [0.15, 0.2) is 24.4 Å². The molecule has 0 unspecified atom stereocenters. The van der Waals surface area contributed by atoms with Crippen molar-refractivity contribution in [3.05, 3.63) is 35.8 Å². The van der Waals surface area contributed by atoms with Crippen LogP contribution >= 0.6 is 0 Å². The number of amides is 1. The summed E-state index contributed by atoms with van der Waals surface area (Å²) in [4.78, 5) is 19.9. The van der Waals surface area contributed by atoms with Gasteiger partial charge >= 0.3 is 0 Å². The Morgan fingerprint density at radius 2 is 2.25 bits per heavy atom.